The average molecular weight is 359 g/mol. The molecule has 0 bridgehead atoms. The van der Waals surface area contributed by atoms with E-state index in [2.05, 4.69) is 4.98 Å². The van der Waals surface area contributed by atoms with Crippen LogP contribution in [0.1, 0.15) is 5.76 Å². The van der Waals surface area contributed by atoms with Gasteiger partial charge < -0.3 is 10.2 Å². The predicted octanol–water partition coefficient (Wildman–Crippen LogP) is 2.54. The molecule has 1 heterocycles. The summed E-state index contributed by atoms with van der Waals surface area (Å²) >= 11 is 0. The maximum absolute atomic E-state index is 12.7. The quantitative estimate of drug-likeness (QED) is 0.547. The van der Waals surface area contributed by atoms with E-state index in [1.54, 1.807) is 18.2 Å². The highest BCUT2D eigenvalue weighted by molar-refractivity contribution is 7.91. The smallest absolute Gasteiger partial charge is 0.270 e. The number of sulfone groups is 1. The van der Waals surface area contributed by atoms with Gasteiger partial charge in [-0.05, 0) is 18.2 Å². The molecule has 2 N–H and O–H groups in total. The molecule has 2 aromatic carbocycles. The Balaban J connectivity index is 2.12. The third-order valence-electron chi connectivity index (χ3n) is 3.46. The van der Waals surface area contributed by atoms with Gasteiger partial charge in [-0.2, -0.15) is 4.98 Å². The fraction of sp³-hybridized carbons (Fsp3) is 0.0625. The van der Waals surface area contributed by atoms with Crippen molar-refractivity contribution in [2.24, 2.45) is 5.73 Å². The minimum atomic E-state index is -3.91. The predicted molar refractivity (Wildman–Crippen MR) is 88.4 cm³/mol. The van der Waals surface area contributed by atoms with Gasteiger partial charge in [-0.25, -0.2) is 8.42 Å². The first-order valence-electron chi connectivity index (χ1n) is 7.18. The molecule has 0 radical (unpaired) electrons. The molecule has 0 amide bonds. The minimum absolute atomic E-state index is 0.00893. The first kappa shape index (κ1) is 16.8. The Kier molecular flexibility index (Phi) is 4.34. The van der Waals surface area contributed by atoms with Crippen molar-refractivity contribution in [1.82, 2.24) is 4.98 Å². The van der Waals surface area contributed by atoms with Gasteiger partial charge in [-0.3, -0.25) is 10.1 Å². The van der Waals surface area contributed by atoms with E-state index in [0.29, 0.717) is 5.56 Å². The lowest BCUT2D eigenvalue weighted by Gasteiger charge is -2.01. The summed E-state index contributed by atoms with van der Waals surface area (Å²) in [5.74, 6) is -0.0518. The Bertz CT molecular complexity index is 1030. The molecular formula is C16H13N3O5S. The molecule has 3 aromatic rings. The maximum atomic E-state index is 12.7. The Morgan fingerprint density at radius 1 is 1.12 bits per heavy atom. The van der Waals surface area contributed by atoms with Crippen LogP contribution >= 0.6 is 0 Å². The first-order chi connectivity index (χ1) is 11.9. The third kappa shape index (κ3) is 3.14. The Morgan fingerprint density at radius 2 is 1.84 bits per heavy atom. The molecule has 9 heteroatoms. The zero-order valence-corrected chi connectivity index (χ0v) is 13.6. The van der Waals surface area contributed by atoms with Crippen LogP contribution < -0.4 is 5.73 Å². The summed E-state index contributed by atoms with van der Waals surface area (Å²) in [4.78, 5) is 14.4. The van der Waals surface area contributed by atoms with Crippen LogP contribution in [0.3, 0.4) is 0 Å². The Hall–Kier alpha value is -3.04. The van der Waals surface area contributed by atoms with Crippen molar-refractivity contribution < 1.29 is 17.8 Å². The number of nitrogens with two attached hydrogens (primary N) is 1. The summed E-state index contributed by atoms with van der Waals surface area (Å²) in [5, 5.41) is 10.6. The van der Waals surface area contributed by atoms with Crippen LogP contribution in [-0.2, 0) is 16.4 Å². The fourth-order valence-electron chi connectivity index (χ4n) is 2.26. The number of benzene rings is 2. The van der Waals surface area contributed by atoms with E-state index in [4.69, 9.17) is 10.2 Å². The van der Waals surface area contributed by atoms with Crippen molar-refractivity contribution >= 4 is 15.5 Å². The highest BCUT2D eigenvalue weighted by Gasteiger charge is 2.27. The molecule has 3 rings (SSSR count). The number of nitro groups is 1. The van der Waals surface area contributed by atoms with Gasteiger partial charge in [0.15, 0.2) is 5.76 Å². The molecule has 0 spiro atoms. The van der Waals surface area contributed by atoms with Gasteiger partial charge in [0.05, 0.1) is 16.4 Å². The van der Waals surface area contributed by atoms with Crippen molar-refractivity contribution in [3.05, 3.63) is 70.5 Å². The monoisotopic (exact) mass is 359 g/mol. The van der Waals surface area contributed by atoms with E-state index in [1.165, 1.54) is 36.4 Å². The molecule has 0 aliphatic heterocycles. The topological polar surface area (TPSA) is 129 Å². The van der Waals surface area contributed by atoms with Gasteiger partial charge in [0.2, 0.25) is 20.8 Å². The molecule has 25 heavy (non-hydrogen) atoms. The summed E-state index contributed by atoms with van der Waals surface area (Å²) in [7, 11) is -3.91. The van der Waals surface area contributed by atoms with Gasteiger partial charge >= 0.3 is 0 Å². The Labute approximate surface area is 143 Å². The molecule has 0 unspecified atom stereocenters. The number of hydrogen-bond donors (Lipinski definition) is 1. The zero-order chi connectivity index (χ0) is 18.0. The van der Waals surface area contributed by atoms with Gasteiger partial charge in [0, 0.05) is 17.7 Å². The van der Waals surface area contributed by atoms with E-state index in [-0.39, 0.29) is 33.8 Å². The summed E-state index contributed by atoms with van der Waals surface area (Å²) in [5.41, 5.74) is 5.72. The molecule has 8 nitrogen and oxygen atoms in total. The molecule has 0 aliphatic rings. The van der Waals surface area contributed by atoms with Gasteiger partial charge in [0.1, 0.15) is 0 Å². The maximum Gasteiger partial charge on any atom is 0.270 e. The second-order valence-electron chi connectivity index (χ2n) is 5.08. The normalized spacial score (nSPS) is 11.4. The molecule has 0 atom stereocenters. The highest BCUT2D eigenvalue weighted by atomic mass is 32.2. The van der Waals surface area contributed by atoms with Crippen LogP contribution in [0.5, 0.6) is 0 Å². The van der Waals surface area contributed by atoms with Crippen molar-refractivity contribution in [3.63, 3.8) is 0 Å². The summed E-state index contributed by atoms with van der Waals surface area (Å²) in [6.07, 6.45) is 0. The van der Waals surface area contributed by atoms with E-state index in [1.807, 2.05) is 0 Å². The SMILES string of the molecule is NCc1oc(-c2cccc([N+](=O)[O-])c2)nc1S(=O)(=O)c1ccccc1. The van der Waals surface area contributed by atoms with Gasteiger partial charge in [-0.1, -0.05) is 24.3 Å². The fourth-order valence-corrected chi connectivity index (χ4v) is 3.63. The molecular weight excluding hydrogens is 346 g/mol. The van der Waals surface area contributed by atoms with Crippen molar-refractivity contribution in [2.45, 2.75) is 16.5 Å². The number of aromatic nitrogens is 1. The van der Waals surface area contributed by atoms with Crippen LogP contribution in [0.2, 0.25) is 0 Å². The van der Waals surface area contributed by atoms with Gasteiger partial charge in [0.25, 0.3) is 5.69 Å². The summed E-state index contributed by atoms with van der Waals surface area (Å²) < 4.78 is 30.9. The third-order valence-corrected chi connectivity index (χ3v) is 5.18. The van der Waals surface area contributed by atoms with Crippen LogP contribution in [0, 0.1) is 10.1 Å². The number of nitrogens with zero attached hydrogens (tertiary/aromatic N) is 2. The second-order valence-corrected chi connectivity index (χ2v) is 6.94. The average Bonchev–Trinajstić information content (AvgIpc) is 3.08. The number of oxazole rings is 1. The van der Waals surface area contributed by atoms with E-state index in [9.17, 15) is 18.5 Å². The summed E-state index contributed by atoms with van der Waals surface area (Å²) in [6.45, 7) is -0.177. The minimum Gasteiger partial charge on any atom is -0.438 e. The van der Waals surface area contributed by atoms with Crippen LogP contribution in [0.15, 0.2) is 68.9 Å². The standard InChI is InChI=1S/C16H13N3O5S/c17-10-14-16(25(22,23)13-7-2-1-3-8-13)18-15(24-14)11-5-4-6-12(9-11)19(20)21/h1-9H,10,17H2. The number of nitro benzene ring substituents is 1. The molecule has 0 fully saturated rings. The molecule has 0 aliphatic carbocycles. The summed E-state index contributed by atoms with van der Waals surface area (Å²) in [6, 6.07) is 13.3. The van der Waals surface area contributed by atoms with E-state index < -0.39 is 14.8 Å². The van der Waals surface area contributed by atoms with Crippen molar-refractivity contribution in [2.75, 3.05) is 0 Å². The van der Waals surface area contributed by atoms with Crippen LogP contribution in [0.25, 0.3) is 11.5 Å². The first-order valence-corrected chi connectivity index (χ1v) is 8.66. The lowest BCUT2D eigenvalue weighted by Crippen LogP contribution is -2.07. The molecule has 1 aromatic heterocycles. The van der Waals surface area contributed by atoms with Crippen LogP contribution in [0.4, 0.5) is 5.69 Å². The Morgan fingerprint density at radius 3 is 2.48 bits per heavy atom. The zero-order valence-electron chi connectivity index (χ0n) is 12.8. The van der Waals surface area contributed by atoms with Gasteiger partial charge in [-0.15, -0.1) is 0 Å². The molecule has 128 valence electrons. The highest BCUT2D eigenvalue weighted by Crippen LogP contribution is 2.30. The number of hydrogen-bond acceptors (Lipinski definition) is 7. The van der Waals surface area contributed by atoms with E-state index in [0.717, 1.165) is 0 Å². The largest absolute Gasteiger partial charge is 0.438 e. The molecule has 0 saturated carbocycles. The number of rotatable bonds is 5. The lowest BCUT2D eigenvalue weighted by atomic mass is 10.2. The second kappa shape index (κ2) is 6.46. The lowest BCUT2D eigenvalue weighted by molar-refractivity contribution is -0.384. The van der Waals surface area contributed by atoms with Crippen molar-refractivity contribution in [1.29, 1.82) is 0 Å². The van der Waals surface area contributed by atoms with Crippen LogP contribution in [-0.4, -0.2) is 18.3 Å². The number of non-ortho nitro benzene ring substituents is 1. The van der Waals surface area contributed by atoms with Crippen molar-refractivity contribution in [3.8, 4) is 11.5 Å². The van der Waals surface area contributed by atoms with E-state index >= 15 is 0 Å². The molecule has 0 saturated heterocycles.